The highest BCUT2D eigenvalue weighted by Crippen LogP contribution is 2.08. The van der Waals surface area contributed by atoms with Crippen molar-refractivity contribution < 1.29 is 9.53 Å². The van der Waals surface area contributed by atoms with Crippen molar-refractivity contribution in [3.8, 4) is 6.07 Å². The zero-order valence-electron chi connectivity index (χ0n) is 11.3. The quantitative estimate of drug-likeness (QED) is 0.324. The summed E-state index contributed by atoms with van der Waals surface area (Å²) < 4.78 is 5.08. The second kappa shape index (κ2) is 8.93. The second-order valence-corrected chi connectivity index (χ2v) is 4.28. The molecule has 1 aromatic rings. The van der Waals surface area contributed by atoms with Crippen LogP contribution in [0.25, 0.3) is 6.08 Å². The highest BCUT2D eigenvalue weighted by Gasteiger charge is 2.10. The Balaban J connectivity index is 2.49. The predicted octanol–water partition coefficient (Wildman–Crippen LogP) is 3.72. The minimum absolute atomic E-state index is 0.0432. The Morgan fingerprint density at radius 1 is 1.26 bits per heavy atom. The van der Waals surface area contributed by atoms with Crippen LogP contribution in [-0.4, -0.2) is 12.6 Å². The van der Waals surface area contributed by atoms with Crippen molar-refractivity contribution in [1.29, 1.82) is 5.26 Å². The Hall–Kier alpha value is -2.08. The molecule has 0 atom stereocenters. The van der Waals surface area contributed by atoms with Crippen molar-refractivity contribution >= 4 is 12.0 Å². The minimum Gasteiger partial charge on any atom is -0.462 e. The minimum atomic E-state index is -0.539. The van der Waals surface area contributed by atoms with E-state index in [0.29, 0.717) is 6.61 Å². The van der Waals surface area contributed by atoms with Crippen LogP contribution in [0, 0.1) is 11.3 Å². The van der Waals surface area contributed by atoms with Gasteiger partial charge in [-0.3, -0.25) is 0 Å². The van der Waals surface area contributed by atoms with Crippen molar-refractivity contribution in [1.82, 2.24) is 0 Å². The van der Waals surface area contributed by atoms with Crippen LogP contribution < -0.4 is 0 Å². The number of benzene rings is 1. The molecular formula is C16H19NO2. The van der Waals surface area contributed by atoms with Gasteiger partial charge in [0.1, 0.15) is 11.6 Å². The summed E-state index contributed by atoms with van der Waals surface area (Å²) in [5.41, 5.74) is 0.865. The summed E-state index contributed by atoms with van der Waals surface area (Å²) >= 11 is 0. The molecule has 1 rings (SSSR count). The first kappa shape index (κ1) is 15.0. The van der Waals surface area contributed by atoms with E-state index in [2.05, 4.69) is 6.92 Å². The van der Waals surface area contributed by atoms with Crippen LogP contribution in [0.1, 0.15) is 38.2 Å². The van der Waals surface area contributed by atoms with Crippen molar-refractivity contribution in [3.05, 3.63) is 41.5 Å². The maximum Gasteiger partial charge on any atom is 0.348 e. The average Bonchev–Trinajstić information content (AvgIpc) is 2.45. The van der Waals surface area contributed by atoms with Crippen molar-refractivity contribution in [2.75, 3.05) is 6.61 Å². The Bertz CT molecular complexity index is 457. The van der Waals surface area contributed by atoms with Crippen LogP contribution >= 0.6 is 0 Å². The van der Waals surface area contributed by atoms with E-state index in [1.54, 1.807) is 6.08 Å². The summed E-state index contributed by atoms with van der Waals surface area (Å²) in [5.74, 6) is -0.539. The largest absolute Gasteiger partial charge is 0.462 e. The van der Waals surface area contributed by atoms with Gasteiger partial charge >= 0.3 is 5.97 Å². The van der Waals surface area contributed by atoms with Crippen molar-refractivity contribution in [2.45, 2.75) is 32.6 Å². The number of ether oxygens (including phenoxy) is 1. The van der Waals surface area contributed by atoms with Gasteiger partial charge in [-0.15, -0.1) is 0 Å². The fraction of sp³-hybridized carbons (Fsp3) is 0.375. The summed E-state index contributed by atoms with van der Waals surface area (Å²) in [7, 11) is 0. The molecule has 19 heavy (non-hydrogen) atoms. The van der Waals surface area contributed by atoms with Gasteiger partial charge in [0.25, 0.3) is 0 Å². The van der Waals surface area contributed by atoms with E-state index in [1.165, 1.54) is 0 Å². The molecule has 0 aliphatic rings. The Labute approximate surface area is 114 Å². The molecule has 0 fully saturated rings. The van der Waals surface area contributed by atoms with E-state index < -0.39 is 5.97 Å². The number of nitriles is 1. The van der Waals surface area contributed by atoms with E-state index in [9.17, 15) is 4.79 Å². The molecule has 0 bridgehead atoms. The number of hydrogen-bond acceptors (Lipinski definition) is 3. The molecule has 3 nitrogen and oxygen atoms in total. The lowest BCUT2D eigenvalue weighted by molar-refractivity contribution is -0.138. The Morgan fingerprint density at radius 2 is 2.00 bits per heavy atom. The fourth-order valence-corrected chi connectivity index (χ4v) is 1.62. The molecule has 0 N–H and O–H groups in total. The highest BCUT2D eigenvalue weighted by atomic mass is 16.5. The third-order valence-electron chi connectivity index (χ3n) is 2.68. The number of carbonyl (C=O) groups is 1. The molecule has 0 aliphatic carbocycles. The number of carbonyl (C=O) groups excluding carboxylic acids is 1. The summed E-state index contributed by atoms with van der Waals surface area (Å²) in [6.45, 7) is 2.51. The first-order valence-electron chi connectivity index (χ1n) is 6.62. The van der Waals surface area contributed by atoms with Crippen molar-refractivity contribution in [2.24, 2.45) is 0 Å². The maximum absolute atomic E-state index is 11.7. The number of rotatable bonds is 7. The number of unbranched alkanes of at least 4 members (excludes halogenated alkanes) is 3. The van der Waals surface area contributed by atoms with Crippen molar-refractivity contribution in [3.63, 3.8) is 0 Å². The average molecular weight is 257 g/mol. The third-order valence-corrected chi connectivity index (χ3v) is 2.68. The van der Waals surface area contributed by atoms with E-state index in [1.807, 2.05) is 36.4 Å². The zero-order valence-corrected chi connectivity index (χ0v) is 11.3. The van der Waals surface area contributed by atoms with E-state index in [0.717, 1.165) is 31.2 Å². The first-order chi connectivity index (χ1) is 9.27. The van der Waals surface area contributed by atoms with E-state index in [-0.39, 0.29) is 5.57 Å². The van der Waals surface area contributed by atoms with Crippen LogP contribution in [-0.2, 0) is 9.53 Å². The molecule has 0 aliphatic heterocycles. The molecule has 100 valence electrons. The summed E-state index contributed by atoms with van der Waals surface area (Å²) in [5, 5.41) is 8.98. The molecular weight excluding hydrogens is 238 g/mol. The third kappa shape index (κ3) is 5.87. The fourth-order valence-electron chi connectivity index (χ4n) is 1.62. The standard InChI is InChI=1S/C16H19NO2/c1-2-3-4-8-11-19-16(18)15(13-17)12-14-9-6-5-7-10-14/h5-7,9-10,12H,2-4,8,11H2,1H3/b15-12+. The Kier molecular flexibility index (Phi) is 7.04. The summed E-state index contributed by atoms with van der Waals surface area (Å²) in [6, 6.07) is 11.2. The van der Waals surface area contributed by atoms with Crippen LogP contribution in [0.3, 0.4) is 0 Å². The lowest BCUT2D eigenvalue weighted by Crippen LogP contribution is -2.08. The SMILES string of the molecule is CCCCCCOC(=O)/C(C#N)=C/c1ccccc1. The second-order valence-electron chi connectivity index (χ2n) is 4.28. The zero-order chi connectivity index (χ0) is 13.9. The molecule has 0 radical (unpaired) electrons. The van der Waals surface area contributed by atoms with Gasteiger partial charge in [0, 0.05) is 0 Å². The molecule has 3 heteroatoms. The molecule has 0 saturated heterocycles. The number of esters is 1. The van der Waals surface area contributed by atoms with E-state index in [4.69, 9.17) is 10.00 Å². The predicted molar refractivity (Wildman–Crippen MR) is 75.1 cm³/mol. The number of nitrogens with zero attached hydrogens (tertiary/aromatic N) is 1. The first-order valence-corrected chi connectivity index (χ1v) is 6.62. The van der Waals surface area contributed by atoms with Gasteiger partial charge in [0.15, 0.2) is 0 Å². The van der Waals surface area contributed by atoms with Crippen LogP contribution in [0.5, 0.6) is 0 Å². The monoisotopic (exact) mass is 257 g/mol. The summed E-state index contributed by atoms with van der Waals surface area (Å²) in [6.07, 6.45) is 5.74. The van der Waals surface area contributed by atoms with Crippen LogP contribution in [0.15, 0.2) is 35.9 Å². The van der Waals surface area contributed by atoms with Gasteiger partial charge in [-0.1, -0.05) is 56.5 Å². The Morgan fingerprint density at radius 3 is 2.63 bits per heavy atom. The van der Waals surface area contributed by atoms with Crippen LogP contribution in [0.4, 0.5) is 0 Å². The van der Waals surface area contributed by atoms with Gasteiger partial charge in [0.2, 0.25) is 0 Å². The molecule has 0 saturated carbocycles. The summed E-state index contributed by atoms with van der Waals surface area (Å²) in [4.78, 5) is 11.7. The van der Waals surface area contributed by atoms with Crippen LogP contribution in [0.2, 0.25) is 0 Å². The van der Waals surface area contributed by atoms with Gasteiger partial charge in [-0.25, -0.2) is 4.79 Å². The lowest BCUT2D eigenvalue weighted by atomic mass is 10.1. The lowest BCUT2D eigenvalue weighted by Gasteiger charge is -2.03. The van der Waals surface area contributed by atoms with Gasteiger partial charge in [0.05, 0.1) is 6.61 Å². The van der Waals surface area contributed by atoms with Gasteiger partial charge < -0.3 is 4.74 Å². The van der Waals surface area contributed by atoms with Gasteiger partial charge in [-0.05, 0) is 18.1 Å². The molecule has 1 aromatic carbocycles. The topological polar surface area (TPSA) is 50.1 Å². The van der Waals surface area contributed by atoms with Gasteiger partial charge in [-0.2, -0.15) is 5.26 Å². The normalized spacial score (nSPS) is 10.8. The van der Waals surface area contributed by atoms with E-state index >= 15 is 0 Å². The maximum atomic E-state index is 11.7. The number of hydrogen-bond donors (Lipinski definition) is 0. The highest BCUT2D eigenvalue weighted by molar-refractivity contribution is 5.97. The molecule has 0 aromatic heterocycles. The molecule has 0 amide bonds. The molecule has 0 unspecified atom stereocenters. The molecule has 0 spiro atoms. The smallest absolute Gasteiger partial charge is 0.348 e. The molecule has 0 heterocycles.